The van der Waals surface area contributed by atoms with Crippen molar-refractivity contribution < 1.29 is 127 Å². The maximum absolute atomic E-state index is 15.4. The van der Waals surface area contributed by atoms with Gasteiger partial charge in [0, 0.05) is 14.2 Å². The van der Waals surface area contributed by atoms with Crippen molar-refractivity contribution in [1.29, 1.82) is 0 Å². The van der Waals surface area contributed by atoms with E-state index in [9.17, 15) is 52.7 Å². The predicted octanol–water partition coefficient (Wildman–Crippen LogP) is 3.13. The molecule has 4 rings (SSSR count). The first-order valence-electron chi connectivity index (χ1n) is 12.8. The quantitative estimate of drug-likeness (QED) is 0.0944. The van der Waals surface area contributed by atoms with E-state index in [-0.39, 0.29) is 29.6 Å². The molecule has 4 aromatic rings. The number of ether oxygens (including phenoxy) is 2. The molecule has 0 saturated carbocycles. The second-order valence-electron chi connectivity index (χ2n) is 9.79. The number of hydrogen-bond donors (Lipinski definition) is 0. The van der Waals surface area contributed by atoms with E-state index >= 15 is 35.1 Å². The normalized spacial score (nSPS) is 11.4. The molecule has 0 unspecified atom stereocenters. The van der Waals surface area contributed by atoms with Crippen molar-refractivity contribution in [2.24, 2.45) is 0 Å². The van der Waals surface area contributed by atoms with Crippen molar-refractivity contribution >= 4 is 28.0 Å². The molecule has 0 atom stereocenters. The molecular weight excluding hydrogens is 782 g/mol. The van der Waals surface area contributed by atoms with Gasteiger partial charge in [0.2, 0.25) is 0 Å². The monoisotopic (exact) mass is 792 g/mol. The molecule has 4 aromatic carbocycles. The number of hydrogen-bond acceptors (Lipinski definition) is 2. The summed E-state index contributed by atoms with van der Waals surface area (Å²) in [4.78, 5) is 0. The van der Waals surface area contributed by atoms with Crippen molar-refractivity contribution in [1.82, 2.24) is 0 Å². The summed E-state index contributed by atoms with van der Waals surface area (Å²) >= 11 is 0. The Kier molecular flexibility index (Phi) is 14.3. The van der Waals surface area contributed by atoms with E-state index in [4.69, 9.17) is 0 Å². The van der Waals surface area contributed by atoms with E-state index in [2.05, 4.69) is 9.47 Å². The molecule has 0 amide bonds. The summed E-state index contributed by atoms with van der Waals surface area (Å²) in [5, 5.41) is 0. The summed E-state index contributed by atoms with van der Waals surface area (Å²) in [5.74, 6) is -71.4. The number of benzene rings is 4. The van der Waals surface area contributed by atoms with E-state index in [0.29, 0.717) is 13.2 Å². The Hall–Kier alpha value is -3.54. The largest absolute Gasteiger partial charge is 1.00 e. The summed E-state index contributed by atoms with van der Waals surface area (Å²) in [6.07, 6.45) is -7.22. The minimum Gasteiger partial charge on any atom is -0.382 e. The van der Waals surface area contributed by atoms with Crippen LogP contribution in [0.2, 0.25) is 0 Å². The van der Waals surface area contributed by atoms with E-state index in [1.54, 1.807) is 14.2 Å². The first kappa shape index (κ1) is 44.6. The fourth-order valence-corrected chi connectivity index (χ4v) is 5.04. The van der Waals surface area contributed by atoms with Gasteiger partial charge in [0.25, 0.3) is 0 Å². The minimum absolute atomic E-state index is 0. The minimum atomic E-state index is -7.22. The Bertz CT molecular complexity index is 1660. The maximum Gasteiger partial charge on any atom is 1.00 e. The zero-order valence-corrected chi connectivity index (χ0v) is 27.4. The Morgan fingerprint density at radius 3 is 0.500 bits per heavy atom. The number of halogens is 20. The zero-order valence-electron chi connectivity index (χ0n) is 25.4. The van der Waals surface area contributed by atoms with Crippen molar-refractivity contribution in [3.05, 3.63) is 116 Å². The van der Waals surface area contributed by atoms with Gasteiger partial charge in [-0.15, -0.1) is 21.9 Å². The van der Waals surface area contributed by atoms with Crippen LogP contribution >= 0.6 is 0 Å². The molecule has 0 aliphatic carbocycles. The second-order valence-corrected chi connectivity index (χ2v) is 9.79. The van der Waals surface area contributed by atoms with Crippen LogP contribution in [0.1, 0.15) is 0 Å². The third-order valence-electron chi connectivity index (χ3n) is 7.20. The SMILES string of the molecule is COCCOC.Fc1c(F)c(F)c([B-](c2c(F)c(F)c(F)c(F)c2F)(c2c(F)c(F)c(F)c(F)c2F)c2c(F)c(F)c(F)c(F)c2F)c(F)c1F.[Na+]. The average molecular weight is 792 g/mol. The summed E-state index contributed by atoms with van der Waals surface area (Å²) in [6.45, 7) is 1.38. The first-order chi connectivity index (χ1) is 23.6. The molecule has 52 heavy (non-hydrogen) atoms. The fourth-order valence-electron chi connectivity index (χ4n) is 5.04. The van der Waals surface area contributed by atoms with Crippen LogP contribution in [0.15, 0.2) is 0 Å². The van der Waals surface area contributed by atoms with Crippen molar-refractivity contribution in [3.8, 4) is 0 Å². The summed E-state index contributed by atoms with van der Waals surface area (Å²) in [7, 11) is 3.30. The van der Waals surface area contributed by atoms with Gasteiger partial charge in [0.05, 0.1) is 13.2 Å². The van der Waals surface area contributed by atoms with Crippen LogP contribution in [0.4, 0.5) is 87.8 Å². The molecular formula is C28H10BF20NaO2. The van der Waals surface area contributed by atoms with Crippen LogP contribution in [0, 0.1) is 116 Å². The topological polar surface area (TPSA) is 18.5 Å². The smallest absolute Gasteiger partial charge is 0.382 e. The second kappa shape index (κ2) is 16.6. The van der Waals surface area contributed by atoms with Crippen LogP contribution in [0.3, 0.4) is 0 Å². The molecule has 24 heteroatoms. The molecule has 0 spiro atoms. The van der Waals surface area contributed by atoms with Crippen molar-refractivity contribution in [2.75, 3.05) is 27.4 Å². The van der Waals surface area contributed by atoms with E-state index in [1.807, 2.05) is 0 Å². The van der Waals surface area contributed by atoms with Crippen LogP contribution in [-0.2, 0) is 9.47 Å². The molecule has 0 heterocycles. The fraction of sp³-hybridized carbons (Fsp3) is 0.143. The van der Waals surface area contributed by atoms with Gasteiger partial charge in [-0.25, -0.2) is 87.8 Å². The molecule has 0 fully saturated rings. The molecule has 0 bridgehead atoms. The predicted molar refractivity (Wildman–Crippen MR) is 133 cm³/mol. The molecule has 0 aliphatic rings. The number of rotatable bonds is 7. The van der Waals surface area contributed by atoms with Crippen LogP contribution in [0.25, 0.3) is 0 Å². The van der Waals surface area contributed by atoms with E-state index in [1.165, 1.54) is 0 Å². The molecule has 0 saturated heterocycles. The van der Waals surface area contributed by atoms with Gasteiger partial charge in [0.1, 0.15) is 52.7 Å². The molecule has 0 N–H and O–H groups in total. The Balaban J connectivity index is 0.00000123. The van der Waals surface area contributed by atoms with E-state index < -0.39 is 144 Å². The molecule has 0 aromatic heterocycles. The average Bonchev–Trinajstić information content (AvgIpc) is 3.10. The standard InChI is InChI=1S/C24BF20.C4H10O2.Na/c26-5-1(6(27)14(35)21(42)13(5)34)25(2-7(28)15(36)22(43)16(37)8(2)29,3-9(30)17(38)23(44)18(39)10(3)31)4-11(32)19(40)24(45)20(41)12(4)33;1-5-3-4-6-2;/h;3-4H2,1-2H3;/q-1;;+1. The summed E-state index contributed by atoms with van der Waals surface area (Å²) in [5.41, 5.74) is -14.3. The zero-order chi connectivity index (χ0) is 39.2. The van der Waals surface area contributed by atoms with Crippen LogP contribution in [0.5, 0.6) is 0 Å². The Morgan fingerprint density at radius 1 is 0.269 bits per heavy atom. The van der Waals surface area contributed by atoms with Gasteiger partial charge < -0.3 is 9.47 Å². The Morgan fingerprint density at radius 2 is 0.385 bits per heavy atom. The molecule has 0 aliphatic heterocycles. The van der Waals surface area contributed by atoms with Crippen molar-refractivity contribution in [2.45, 2.75) is 0 Å². The van der Waals surface area contributed by atoms with Gasteiger partial charge in [-0.3, -0.25) is 0 Å². The van der Waals surface area contributed by atoms with Gasteiger partial charge in [-0.05, 0) is 0 Å². The Labute approximate surface area is 298 Å². The van der Waals surface area contributed by atoms with Crippen molar-refractivity contribution in [3.63, 3.8) is 0 Å². The summed E-state index contributed by atoms with van der Waals surface area (Å²) < 4.78 is 303. The molecule has 2 nitrogen and oxygen atoms in total. The number of methoxy groups -OCH3 is 2. The van der Waals surface area contributed by atoms with Gasteiger partial charge >= 0.3 is 29.6 Å². The molecule has 0 radical (unpaired) electrons. The molecule has 278 valence electrons. The van der Waals surface area contributed by atoms with Crippen LogP contribution in [-0.4, -0.2) is 33.6 Å². The van der Waals surface area contributed by atoms with Gasteiger partial charge in [-0.1, -0.05) is 0 Å². The third kappa shape index (κ3) is 6.73. The first-order valence-corrected chi connectivity index (χ1v) is 12.8. The van der Waals surface area contributed by atoms with Crippen LogP contribution < -0.4 is 51.4 Å². The maximum atomic E-state index is 15.4. The summed E-state index contributed by atoms with van der Waals surface area (Å²) in [6, 6.07) is 0. The van der Waals surface area contributed by atoms with Gasteiger partial charge in [-0.2, -0.15) is 0 Å². The van der Waals surface area contributed by atoms with Gasteiger partial charge in [0.15, 0.2) is 69.8 Å². The third-order valence-corrected chi connectivity index (χ3v) is 7.20. The van der Waals surface area contributed by atoms with E-state index in [0.717, 1.165) is 0 Å².